The molecule has 0 fully saturated rings. The van der Waals surface area contributed by atoms with Crippen LogP contribution in [0.4, 0.5) is 24.5 Å². The first-order valence-electron chi connectivity index (χ1n) is 5.40. The number of carbonyl (C=O) groups is 1. The molecule has 0 heterocycles. The summed E-state index contributed by atoms with van der Waals surface area (Å²) >= 11 is 5.83. The molecule has 0 aliphatic carbocycles. The minimum absolute atomic E-state index is 0.0343. The third-order valence-corrected chi connectivity index (χ3v) is 2.94. The van der Waals surface area contributed by atoms with Gasteiger partial charge < -0.3 is 11.1 Å². The Bertz CT molecular complexity index is 668. The molecule has 2 rings (SSSR count). The normalized spacial score (nSPS) is 10.4. The molecular weight excluding hydrogens is 293 g/mol. The molecule has 20 heavy (non-hydrogen) atoms. The zero-order valence-corrected chi connectivity index (χ0v) is 10.6. The van der Waals surface area contributed by atoms with E-state index < -0.39 is 29.0 Å². The first kappa shape index (κ1) is 14.2. The fourth-order valence-corrected chi connectivity index (χ4v) is 1.78. The Balaban J connectivity index is 2.36. The molecule has 0 saturated carbocycles. The smallest absolute Gasteiger partial charge is 0.257 e. The Morgan fingerprint density at radius 2 is 1.75 bits per heavy atom. The summed E-state index contributed by atoms with van der Waals surface area (Å²) in [6, 6.07) is 5.19. The van der Waals surface area contributed by atoms with E-state index in [1.807, 2.05) is 5.32 Å². The summed E-state index contributed by atoms with van der Waals surface area (Å²) in [7, 11) is 0. The average molecular weight is 301 g/mol. The molecule has 0 spiro atoms. The van der Waals surface area contributed by atoms with Crippen molar-refractivity contribution in [3.05, 3.63) is 58.4 Å². The molecular formula is C13H8ClF3N2O. The van der Waals surface area contributed by atoms with Crippen molar-refractivity contribution in [3.8, 4) is 0 Å². The summed E-state index contributed by atoms with van der Waals surface area (Å²) in [5, 5.41) is 1.96. The summed E-state index contributed by atoms with van der Waals surface area (Å²) in [5.74, 6) is -4.39. The van der Waals surface area contributed by atoms with E-state index in [4.69, 9.17) is 17.3 Å². The predicted molar refractivity (Wildman–Crippen MR) is 70.1 cm³/mol. The van der Waals surface area contributed by atoms with Crippen molar-refractivity contribution in [2.24, 2.45) is 0 Å². The lowest BCUT2D eigenvalue weighted by molar-refractivity contribution is 0.102. The Labute approximate surface area is 117 Å². The number of nitrogen functional groups attached to an aromatic ring is 1. The lowest BCUT2D eigenvalue weighted by Gasteiger charge is -2.09. The van der Waals surface area contributed by atoms with Crippen LogP contribution in [0.2, 0.25) is 5.02 Å². The van der Waals surface area contributed by atoms with Crippen LogP contribution in [0, 0.1) is 17.5 Å². The van der Waals surface area contributed by atoms with Crippen LogP contribution in [0.1, 0.15) is 10.4 Å². The van der Waals surface area contributed by atoms with Crippen molar-refractivity contribution in [1.82, 2.24) is 0 Å². The second kappa shape index (κ2) is 5.42. The first-order chi connectivity index (χ1) is 9.40. The molecule has 3 N–H and O–H groups in total. The molecule has 0 unspecified atom stereocenters. The second-order valence-electron chi connectivity index (χ2n) is 3.91. The van der Waals surface area contributed by atoms with Gasteiger partial charge in [0.2, 0.25) is 0 Å². The highest BCUT2D eigenvalue weighted by Crippen LogP contribution is 2.25. The molecule has 1 amide bonds. The SMILES string of the molecule is Nc1cccc(C(=O)Nc2c(F)cc(F)cc2F)c1Cl. The topological polar surface area (TPSA) is 55.1 Å². The number of hydrogen-bond donors (Lipinski definition) is 2. The standard InChI is InChI=1S/C13H8ClF3N2O/c14-11-7(2-1-3-10(11)18)13(20)19-12-8(16)4-6(15)5-9(12)17/h1-5H,18H2,(H,19,20). The Hall–Kier alpha value is -2.21. The van der Waals surface area contributed by atoms with Crippen molar-refractivity contribution in [2.45, 2.75) is 0 Å². The maximum Gasteiger partial charge on any atom is 0.257 e. The highest BCUT2D eigenvalue weighted by molar-refractivity contribution is 6.36. The third-order valence-electron chi connectivity index (χ3n) is 2.52. The molecule has 0 atom stereocenters. The van der Waals surface area contributed by atoms with E-state index in [9.17, 15) is 18.0 Å². The maximum absolute atomic E-state index is 13.4. The summed E-state index contributed by atoms with van der Waals surface area (Å²) in [6.07, 6.45) is 0. The van der Waals surface area contributed by atoms with Crippen molar-refractivity contribution < 1.29 is 18.0 Å². The summed E-state index contributed by atoms with van der Waals surface area (Å²) in [4.78, 5) is 11.9. The Morgan fingerprint density at radius 3 is 2.35 bits per heavy atom. The van der Waals surface area contributed by atoms with Gasteiger partial charge in [0.15, 0.2) is 11.6 Å². The largest absolute Gasteiger partial charge is 0.398 e. The molecule has 104 valence electrons. The Kier molecular flexibility index (Phi) is 3.85. The molecule has 0 aliphatic heterocycles. The molecule has 0 bridgehead atoms. The van der Waals surface area contributed by atoms with Gasteiger partial charge in [0, 0.05) is 12.1 Å². The van der Waals surface area contributed by atoms with E-state index in [0.29, 0.717) is 12.1 Å². The van der Waals surface area contributed by atoms with Gasteiger partial charge in [-0.1, -0.05) is 17.7 Å². The number of carbonyl (C=O) groups excluding carboxylic acids is 1. The van der Waals surface area contributed by atoms with Crippen molar-refractivity contribution >= 4 is 28.9 Å². The number of nitrogens with two attached hydrogens (primary N) is 1. The van der Waals surface area contributed by atoms with E-state index >= 15 is 0 Å². The number of hydrogen-bond acceptors (Lipinski definition) is 2. The minimum Gasteiger partial charge on any atom is -0.398 e. The van der Waals surface area contributed by atoms with Crippen LogP contribution in [0.15, 0.2) is 30.3 Å². The molecule has 3 nitrogen and oxygen atoms in total. The molecule has 0 aliphatic rings. The van der Waals surface area contributed by atoms with Gasteiger partial charge in [-0.3, -0.25) is 4.79 Å². The van der Waals surface area contributed by atoms with Crippen LogP contribution < -0.4 is 11.1 Å². The third kappa shape index (κ3) is 2.70. The van der Waals surface area contributed by atoms with Crippen LogP contribution in [0.5, 0.6) is 0 Å². The van der Waals surface area contributed by atoms with E-state index in [0.717, 1.165) is 0 Å². The predicted octanol–water partition coefficient (Wildman–Crippen LogP) is 3.59. The molecule has 0 radical (unpaired) electrons. The molecule has 2 aromatic rings. The van der Waals surface area contributed by atoms with Crippen LogP contribution in [-0.2, 0) is 0 Å². The highest BCUT2D eigenvalue weighted by Gasteiger charge is 2.17. The number of benzene rings is 2. The number of halogens is 4. The van der Waals surface area contributed by atoms with E-state index in [-0.39, 0.29) is 16.3 Å². The lowest BCUT2D eigenvalue weighted by atomic mass is 10.1. The Morgan fingerprint density at radius 1 is 1.15 bits per heavy atom. The number of amides is 1. The molecule has 0 saturated heterocycles. The molecule has 2 aromatic carbocycles. The van der Waals surface area contributed by atoms with E-state index in [1.165, 1.54) is 18.2 Å². The first-order valence-corrected chi connectivity index (χ1v) is 5.78. The summed E-state index contributed by atoms with van der Waals surface area (Å²) in [6.45, 7) is 0. The lowest BCUT2D eigenvalue weighted by Crippen LogP contribution is -2.15. The van der Waals surface area contributed by atoms with Crippen molar-refractivity contribution in [2.75, 3.05) is 11.1 Å². The number of rotatable bonds is 2. The van der Waals surface area contributed by atoms with Crippen LogP contribution >= 0.6 is 11.6 Å². The summed E-state index contributed by atoms with van der Waals surface area (Å²) < 4.78 is 39.6. The van der Waals surface area contributed by atoms with Crippen LogP contribution in [-0.4, -0.2) is 5.91 Å². The molecule has 7 heteroatoms. The maximum atomic E-state index is 13.4. The zero-order chi connectivity index (χ0) is 14.9. The van der Waals surface area contributed by atoms with Crippen LogP contribution in [0.25, 0.3) is 0 Å². The van der Waals surface area contributed by atoms with Gasteiger partial charge in [-0.05, 0) is 12.1 Å². The van der Waals surface area contributed by atoms with Gasteiger partial charge in [-0.15, -0.1) is 0 Å². The quantitative estimate of drug-likeness (QED) is 0.833. The fraction of sp³-hybridized carbons (Fsp3) is 0. The van der Waals surface area contributed by atoms with Gasteiger partial charge in [-0.25, -0.2) is 13.2 Å². The van der Waals surface area contributed by atoms with E-state index in [1.54, 1.807) is 0 Å². The van der Waals surface area contributed by atoms with Gasteiger partial charge >= 0.3 is 0 Å². The van der Waals surface area contributed by atoms with E-state index in [2.05, 4.69) is 0 Å². The second-order valence-corrected chi connectivity index (χ2v) is 4.29. The van der Waals surface area contributed by atoms with Crippen LogP contribution in [0.3, 0.4) is 0 Å². The summed E-state index contributed by atoms with van der Waals surface area (Å²) in [5.41, 5.74) is 4.87. The molecule has 0 aromatic heterocycles. The minimum atomic E-state index is -1.23. The zero-order valence-electron chi connectivity index (χ0n) is 9.88. The number of nitrogens with one attached hydrogen (secondary N) is 1. The average Bonchev–Trinajstić information content (AvgIpc) is 2.36. The van der Waals surface area contributed by atoms with Gasteiger partial charge in [-0.2, -0.15) is 0 Å². The fourth-order valence-electron chi connectivity index (χ4n) is 1.57. The van der Waals surface area contributed by atoms with Crippen molar-refractivity contribution in [1.29, 1.82) is 0 Å². The van der Waals surface area contributed by atoms with Gasteiger partial charge in [0.25, 0.3) is 5.91 Å². The van der Waals surface area contributed by atoms with Gasteiger partial charge in [0.05, 0.1) is 16.3 Å². The number of anilines is 2. The van der Waals surface area contributed by atoms with Gasteiger partial charge in [0.1, 0.15) is 11.5 Å². The monoisotopic (exact) mass is 300 g/mol. The van der Waals surface area contributed by atoms with Crippen molar-refractivity contribution in [3.63, 3.8) is 0 Å². The highest BCUT2D eigenvalue weighted by atomic mass is 35.5.